The Bertz CT molecular complexity index is 383. The zero-order valence-corrected chi connectivity index (χ0v) is 14.1. The molecule has 126 valence electrons. The maximum absolute atomic E-state index is 13.0. The van der Waals surface area contributed by atoms with Gasteiger partial charge in [0, 0.05) is 20.0 Å². The van der Waals surface area contributed by atoms with Crippen molar-refractivity contribution in [2.75, 3.05) is 26.7 Å². The molecule has 1 saturated heterocycles. The first-order valence-electron chi connectivity index (χ1n) is 8.80. The van der Waals surface area contributed by atoms with E-state index in [4.69, 9.17) is 0 Å². The van der Waals surface area contributed by atoms with Gasteiger partial charge in [-0.25, -0.2) is 0 Å². The third-order valence-electron chi connectivity index (χ3n) is 5.24. The first-order valence-corrected chi connectivity index (χ1v) is 8.80. The predicted octanol–water partition coefficient (Wildman–Crippen LogP) is 1.67. The fourth-order valence-electron chi connectivity index (χ4n) is 3.96. The highest BCUT2D eigenvalue weighted by atomic mass is 16.2. The van der Waals surface area contributed by atoms with E-state index >= 15 is 0 Å². The van der Waals surface area contributed by atoms with E-state index in [0.717, 1.165) is 64.1 Å². The minimum Gasteiger partial charge on any atom is -0.342 e. The van der Waals surface area contributed by atoms with Gasteiger partial charge < -0.3 is 15.5 Å². The molecule has 1 heterocycles. The third-order valence-corrected chi connectivity index (χ3v) is 5.24. The average Bonchev–Trinajstić information content (AvgIpc) is 2.53. The number of nitrogens with one attached hydrogen (secondary N) is 2. The molecule has 0 radical (unpaired) electrons. The van der Waals surface area contributed by atoms with Crippen LogP contribution < -0.4 is 10.6 Å². The second-order valence-corrected chi connectivity index (χ2v) is 6.95. The van der Waals surface area contributed by atoms with Gasteiger partial charge in [-0.15, -0.1) is 0 Å². The molecule has 0 spiro atoms. The molecule has 0 aromatic carbocycles. The second kappa shape index (κ2) is 7.95. The molecule has 2 rings (SSSR count). The fourth-order valence-corrected chi connectivity index (χ4v) is 3.96. The molecule has 1 saturated carbocycles. The Hall–Kier alpha value is -1.10. The molecule has 2 aliphatic rings. The van der Waals surface area contributed by atoms with Gasteiger partial charge in [0.05, 0.1) is 0 Å². The van der Waals surface area contributed by atoms with Crippen LogP contribution in [0.1, 0.15) is 58.3 Å². The molecule has 0 aromatic heterocycles. The van der Waals surface area contributed by atoms with Gasteiger partial charge >= 0.3 is 0 Å². The van der Waals surface area contributed by atoms with E-state index in [1.807, 2.05) is 11.9 Å². The number of nitrogens with zero attached hydrogens (tertiary/aromatic N) is 1. The Balaban J connectivity index is 1.95. The normalized spacial score (nSPS) is 22.4. The quantitative estimate of drug-likeness (QED) is 0.812. The third kappa shape index (κ3) is 4.22. The number of carbonyl (C=O) groups is 2. The van der Waals surface area contributed by atoms with E-state index in [9.17, 15) is 9.59 Å². The van der Waals surface area contributed by atoms with Gasteiger partial charge in [-0.1, -0.05) is 19.3 Å². The molecule has 22 heavy (non-hydrogen) atoms. The lowest BCUT2D eigenvalue weighted by Gasteiger charge is -2.42. The van der Waals surface area contributed by atoms with Gasteiger partial charge in [-0.05, 0) is 51.6 Å². The van der Waals surface area contributed by atoms with E-state index in [-0.39, 0.29) is 11.8 Å². The summed E-state index contributed by atoms with van der Waals surface area (Å²) in [6.07, 6.45) is 8.19. The van der Waals surface area contributed by atoms with Crippen molar-refractivity contribution in [2.45, 2.75) is 63.8 Å². The van der Waals surface area contributed by atoms with E-state index in [2.05, 4.69) is 10.6 Å². The van der Waals surface area contributed by atoms with Crippen molar-refractivity contribution in [3.05, 3.63) is 0 Å². The number of hydrogen-bond acceptors (Lipinski definition) is 3. The van der Waals surface area contributed by atoms with Crippen LogP contribution in [-0.2, 0) is 9.59 Å². The van der Waals surface area contributed by atoms with Gasteiger partial charge in [0.1, 0.15) is 5.54 Å². The Labute approximate surface area is 134 Å². The summed E-state index contributed by atoms with van der Waals surface area (Å²) in [6, 6.07) is 0. The smallest absolute Gasteiger partial charge is 0.248 e. The van der Waals surface area contributed by atoms with Crippen LogP contribution in [0.3, 0.4) is 0 Å². The number of carbonyl (C=O) groups excluding carboxylic acids is 2. The topological polar surface area (TPSA) is 61.4 Å². The summed E-state index contributed by atoms with van der Waals surface area (Å²) in [5, 5.41) is 6.20. The zero-order valence-electron chi connectivity index (χ0n) is 14.1. The maximum atomic E-state index is 13.0. The van der Waals surface area contributed by atoms with Crippen LogP contribution in [0.5, 0.6) is 0 Å². The first-order chi connectivity index (χ1) is 10.6. The Morgan fingerprint density at radius 1 is 1.14 bits per heavy atom. The molecule has 1 aliphatic carbocycles. The summed E-state index contributed by atoms with van der Waals surface area (Å²) in [4.78, 5) is 26.6. The number of piperidine rings is 1. The first kappa shape index (κ1) is 17.3. The fraction of sp³-hybridized carbons (Fsp3) is 0.882. The van der Waals surface area contributed by atoms with E-state index in [1.165, 1.54) is 19.8 Å². The van der Waals surface area contributed by atoms with E-state index < -0.39 is 5.54 Å². The van der Waals surface area contributed by atoms with Crippen molar-refractivity contribution in [1.82, 2.24) is 15.5 Å². The molecular formula is C17H31N3O2. The number of amides is 2. The van der Waals surface area contributed by atoms with Gasteiger partial charge in [-0.2, -0.15) is 0 Å². The highest BCUT2D eigenvalue weighted by Crippen LogP contribution is 2.32. The van der Waals surface area contributed by atoms with Gasteiger partial charge in [0.25, 0.3) is 0 Å². The molecule has 0 atom stereocenters. The van der Waals surface area contributed by atoms with Gasteiger partial charge in [0.15, 0.2) is 0 Å². The number of rotatable bonds is 5. The minimum absolute atomic E-state index is 0.0841. The summed E-state index contributed by atoms with van der Waals surface area (Å²) in [5.41, 5.74) is -0.623. The molecule has 0 aromatic rings. The van der Waals surface area contributed by atoms with Gasteiger partial charge in [-0.3, -0.25) is 9.59 Å². The van der Waals surface area contributed by atoms with Crippen LogP contribution in [0.4, 0.5) is 0 Å². The largest absolute Gasteiger partial charge is 0.342 e. The van der Waals surface area contributed by atoms with Crippen LogP contribution in [0.25, 0.3) is 0 Å². The number of hydrogen-bond donors (Lipinski definition) is 2. The molecule has 2 N–H and O–H groups in total. The highest BCUT2D eigenvalue weighted by molar-refractivity contribution is 5.91. The Kier molecular flexibility index (Phi) is 6.24. The lowest BCUT2D eigenvalue weighted by molar-refractivity contribution is -0.144. The molecule has 5 heteroatoms. The van der Waals surface area contributed by atoms with Crippen LogP contribution >= 0.6 is 0 Å². The molecule has 2 amide bonds. The van der Waals surface area contributed by atoms with Gasteiger partial charge in [0.2, 0.25) is 11.8 Å². The SMILES string of the molecule is CNCCC1CCN(C(=O)C2(NC(C)=O)CCCCC2)CC1. The summed E-state index contributed by atoms with van der Waals surface area (Å²) >= 11 is 0. The van der Waals surface area contributed by atoms with Crippen LogP contribution in [0.15, 0.2) is 0 Å². The monoisotopic (exact) mass is 309 g/mol. The predicted molar refractivity (Wildman–Crippen MR) is 87.5 cm³/mol. The summed E-state index contributed by atoms with van der Waals surface area (Å²) < 4.78 is 0. The zero-order chi connectivity index (χ0) is 16.0. The van der Waals surface area contributed by atoms with Crippen molar-refractivity contribution in [3.8, 4) is 0 Å². The van der Waals surface area contributed by atoms with E-state index in [1.54, 1.807) is 0 Å². The van der Waals surface area contributed by atoms with Crippen molar-refractivity contribution >= 4 is 11.8 Å². The van der Waals surface area contributed by atoms with E-state index in [0.29, 0.717) is 0 Å². The molecule has 0 unspecified atom stereocenters. The molecule has 0 bridgehead atoms. The Morgan fingerprint density at radius 3 is 2.32 bits per heavy atom. The van der Waals surface area contributed by atoms with Crippen LogP contribution in [0, 0.1) is 5.92 Å². The van der Waals surface area contributed by atoms with Crippen molar-refractivity contribution in [2.24, 2.45) is 5.92 Å². The second-order valence-electron chi connectivity index (χ2n) is 6.95. The van der Waals surface area contributed by atoms with Crippen LogP contribution in [-0.4, -0.2) is 48.9 Å². The molecular weight excluding hydrogens is 278 g/mol. The Morgan fingerprint density at radius 2 is 1.77 bits per heavy atom. The average molecular weight is 309 g/mol. The lowest BCUT2D eigenvalue weighted by Crippen LogP contribution is -2.61. The number of likely N-dealkylation sites (tertiary alicyclic amines) is 1. The molecule has 1 aliphatic heterocycles. The lowest BCUT2D eigenvalue weighted by atomic mass is 9.79. The summed E-state index contributed by atoms with van der Waals surface area (Å²) in [6.45, 7) is 4.26. The summed E-state index contributed by atoms with van der Waals surface area (Å²) in [7, 11) is 1.99. The highest BCUT2D eigenvalue weighted by Gasteiger charge is 2.43. The molecule has 2 fully saturated rings. The van der Waals surface area contributed by atoms with Crippen molar-refractivity contribution in [1.29, 1.82) is 0 Å². The van der Waals surface area contributed by atoms with Crippen molar-refractivity contribution < 1.29 is 9.59 Å². The maximum Gasteiger partial charge on any atom is 0.248 e. The van der Waals surface area contributed by atoms with Crippen molar-refractivity contribution in [3.63, 3.8) is 0 Å². The molecule has 5 nitrogen and oxygen atoms in total. The standard InChI is InChI=1S/C17H31N3O2/c1-14(21)19-17(9-4-3-5-10-17)16(22)20-12-7-15(8-13-20)6-11-18-2/h15,18H,3-13H2,1-2H3,(H,19,21). The van der Waals surface area contributed by atoms with Crippen LogP contribution in [0.2, 0.25) is 0 Å². The summed E-state index contributed by atoms with van der Waals surface area (Å²) in [5.74, 6) is 0.799. The minimum atomic E-state index is -0.623.